The molecule has 2 aliphatic rings. The average Bonchev–Trinajstić information content (AvgIpc) is 3.21. The number of aromatic nitrogens is 3. The van der Waals surface area contributed by atoms with Gasteiger partial charge in [0.1, 0.15) is 17.3 Å². The molecule has 0 N–H and O–H groups in total. The third-order valence-corrected chi connectivity index (χ3v) is 6.99. The Morgan fingerprint density at radius 1 is 0.914 bits per heavy atom. The van der Waals surface area contributed by atoms with Gasteiger partial charge in [-0.25, -0.2) is 14.0 Å². The topological polar surface area (TPSA) is 69.4 Å². The third-order valence-electron chi connectivity index (χ3n) is 6.99. The van der Waals surface area contributed by atoms with E-state index in [2.05, 4.69) is 5.10 Å². The monoisotopic (exact) mass is 466 g/mol. The Balaban J connectivity index is 1.35. The highest BCUT2D eigenvalue weighted by atomic mass is 16.5. The van der Waals surface area contributed by atoms with Gasteiger partial charge in [0.2, 0.25) is 5.91 Å². The molecule has 0 spiro atoms. The van der Waals surface area contributed by atoms with Crippen molar-refractivity contribution in [1.29, 1.82) is 0 Å². The quantitative estimate of drug-likeness (QED) is 0.454. The molecule has 1 atom stereocenters. The first kappa shape index (κ1) is 21.4. The van der Waals surface area contributed by atoms with Gasteiger partial charge < -0.3 is 9.64 Å². The maximum absolute atomic E-state index is 14.1. The summed E-state index contributed by atoms with van der Waals surface area (Å²) in [5, 5.41) is 4.60. The number of carbonyl (C=O) groups is 1. The van der Waals surface area contributed by atoms with Crippen LogP contribution in [0.5, 0.6) is 11.5 Å². The molecule has 6 rings (SSSR count). The van der Waals surface area contributed by atoms with Crippen molar-refractivity contribution in [2.75, 3.05) is 13.1 Å². The average molecular weight is 467 g/mol. The number of piperidine rings is 1. The molecule has 0 aliphatic carbocycles. The van der Waals surface area contributed by atoms with Crippen molar-refractivity contribution in [2.45, 2.75) is 24.7 Å². The number of hydrogen-bond acceptors (Lipinski definition) is 4. The number of fused-ring (bicyclic) bond motifs is 2. The van der Waals surface area contributed by atoms with Crippen molar-refractivity contribution in [3.63, 3.8) is 0 Å². The van der Waals surface area contributed by atoms with Crippen LogP contribution in [0.25, 0.3) is 5.69 Å². The summed E-state index contributed by atoms with van der Waals surface area (Å²) in [4.78, 5) is 28.9. The predicted molar refractivity (Wildman–Crippen MR) is 132 cm³/mol. The second-order valence-electron chi connectivity index (χ2n) is 9.17. The van der Waals surface area contributed by atoms with Gasteiger partial charge in [0.15, 0.2) is 0 Å². The van der Waals surface area contributed by atoms with Crippen molar-refractivity contribution >= 4 is 5.91 Å². The lowest BCUT2D eigenvalue weighted by Crippen LogP contribution is -2.43. The molecule has 35 heavy (non-hydrogen) atoms. The van der Waals surface area contributed by atoms with E-state index in [9.17, 15) is 9.59 Å². The SMILES string of the molecule is Cn1nc(C2CCCN(C(=O)C3c4ccccc4Oc4ccccc43)C2)n(-c2ccccc2)c1=O. The van der Waals surface area contributed by atoms with Gasteiger partial charge in [0, 0.05) is 37.2 Å². The highest BCUT2D eigenvalue weighted by Crippen LogP contribution is 2.45. The third kappa shape index (κ3) is 3.64. The van der Waals surface area contributed by atoms with Crippen LogP contribution in [-0.2, 0) is 11.8 Å². The van der Waals surface area contributed by atoms with E-state index in [0.29, 0.717) is 18.9 Å². The smallest absolute Gasteiger partial charge is 0.350 e. The summed E-state index contributed by atoms with van der Waals surface area (Å²) in [5.41, 5.74) is 2.38. The number of para-hydroxylation sites is 3. The van der Waals surface area contributed by atoms with Crippen LogP contribution in [0.15, 0.2) is 83.7 Å². The first-order valence-corrected chi connectivity index (χ1v) is 12.0. The molecule has 1 aromatic heterocycles. The predicted octanol–water partition coefficient (Wildman–Crippen LogP) is 4.21. The minimum absolute atomic E-state index is 0.0351. The Kier molecular flexibility index (Phi) is 5.25. The molecule has 0 bridgehead atoms. The van der Waals surface area contributed by atoms with Gasteiger partial charge in [-0.1, -0.05) is 54.6 Å². The molecule has 1 unspecified atom stereocenters. The molecular formula is C28H26N4O3. The van der Waals surface area contributed by atoms with E-state index in [-0.39, 0.29) is 17.5 Å². The van der Waals surface area contributed by atoms with E-state index >= 15 is 0 Å². The van der Waals surface area contributed by atoms with Gasteiger partial charge in [-0.2, -0.15) is 5.10 Å². The summed E-state index contributed by atoms with van der Waals surface area (Å²) in [6.45, 7) is 1.20. The Morgan fingerprint density at radius 3 is 2.23 bits per heavy atom. The lowest BCUT2D eigenvalue weighted by molar-refractivity contribution is -0.133. The molecule has 4 aromatic rings. The van der Waals surface area contributed by atoms with Gasteiger partial charge in [-0.05, 0) is 37.1 Å². The molecule has 0 saturated carbocycles. The number of amides is 1. The van der Waals surface area contributed by atoms with E-state index < -0.39 is 5.92 Å². The summed E-state index contributed by atoms with van der Waals surface area (Å²) in [7, 11) is 1.67. The molecule has 3 heterocycles. The molecule has 7 heteroatoms. The molecule has 3 aromatic carbocycles. The van der Waals surface area contributed by atoms with Crippen molar-refractivity contribution in [2.24, 2.45) is 7.05 Å². The second kappa shape index (κ2) is 8.58. The van der Waals surface area contributed by atoms with Crippen molar-refractivity contribution in [1.82, 2.24) is 19.2 Å². The number of aryl methyl sites for hydroxylation is 1. The number of ether oxygens (including phenoxy) is 1. The first-order valence-electron chi connectivity index (χ1n) is 12.0. The maximum Gasteiger partial charge on any atom is 0.350 e. The number of benzene rings is 3. The van der Waals surface area contributed by atoms with E-state index in [0.717, 1.165) is 41.2 Å². The van der Waals surface area contributed by atoms with Crippen molar-refractivity contribution in [3.8, 4) is 17.2 Å². The van der Waals surface area contributed by atoms with Crippen LogP contribution >= 0.6 is 0 Å². The normalized spacial score (nSPS) is 17.4. The molecule has 176 valence electrons. The van der Waals surface area contributed by atoms with E-state index in [1.807, 2.05) is 83.8 Å². The van der Waals surface area contributed by atoms with Crippen LogP contribution in [-0.4, -0.2) is 38.2 Å². The summed E-state index contributed by atoms with van der Waals surface area (Å²) in [6.07, 6.45) is 1.72. The Bertz CT molecular complexity index is 1410. The lowest BCUT2D eigenvalue weighted by atomic mass is 9.85. The number of hydrogen-bond donors (Lipinski definition) is 0. The van der Waals surface area contributed by atoms with Crippen LogP contribution in [0, 0.1) is 0 Å². The zero-order chi connectivity index (χ0) is 23.9. The van der Waals surface area contributed by atoms with Gasteiger partial charge >= 0.3 is 5.69 Å². The largest absolute Gasteiger partial charge is 0.457 e. The number of carbonyl (C=O) groups excluding carboxylic acids is 1. The molecule has 1 amide bonds. The molecule has 7 nitrogen and oxygen atoms in total. The van der Waals surface area contributed by atoms with Crippen molar-refractivity contribution in [3.05, 3.63) is 106 Å². The fraction of sp³-hybridized carbons (Fsp3) is 0.250. The van der Waals surface area contributed by atoms with E-state index in [4.69, 9.17) is 4.74 Å². The summed E-state index contributed by atoms with van der Waals surface area (Å²) < 4.78 is 9.16. The standard InChI is InChI=1S/C28H26N4O3/c1-30-28(34)32(20-11-3-2-4-12-20)26(29-30)19-10-9-17-31(18-19)27(33)25-21-13-5-7-15-23(21)35-24-16-8-6-14-22(24)25/h2-8,11-16,19,25H,9-10,17-18H2,1H3. The van der Waals surface area contributed by atoms with Crippen LogP contribution in [0.1, 0.15) is 41.6 Å². The van der Waals surface area contributed by atoms with Crippen LogP contribution < -0.4 is 10.4 Å². The molecule has 0 radical (unpaired) electrons. The maximum atomic E-state index is 14.1. The second-order valence-corrected chi connectivity index (χ2v) is 9.17. The fourth-order valence-corrected chi connectivity index (χ4v) is 5.31. The zero-order valence-electron chi connectivity index (χ0n) is 19.5. The summed E-state index contributed by atoms with van der Waals surface area (Å²) >= 11 is 0. The first-order chi connectivity index (χ1) is 17.1. The summed E-state index contributed by atoms with van der Waals surface area (Å²) in [5.74, 6) is 1.75. The van der Waals surface area contributed by atoms with Crippen LogP contribution in [0.3, 0.4) is 0 Å². The van der Waals surface area contributed by atoms with Gasteiger partial charge in [-0.3, -0.25) is 4.79 Å². The lowest BCUT2D eigenvalue weighted by Gasteiger charge is -2.36. The Morgan fingerprint density at radius 2 is 1.54 bits per heavy atom. The minimum atomic E-state index is -0.421. The Hall–Kier alpha value is -4.13. The zero-order valence-corrected chi connectivity index (χ0v) is 19.5. The molecule has 1 saturated heterocycles. The van der Waals surface area contributed by atoms with Crippen LogP contribution in [0.2, 0.25) is 0 Å². The summed E-state index contributed by atoms with van der Waals surface area (Å²) in [6, 6.07) is 25.1. The number of nitrogens with zero attached hydrogens (tertiary/aromatic N) is 4. The van der Waals surface area contributed by atoms with Gasteiger partial charge in [0.25, 0.3) is 0 Å². The number of rotatable bonds is 3. The van der Waals surface area contributed by atoms with Gasteiger partial charge in [0.05, 0.1) is 11.6 Å². The van der Waals surface area contributed by atoms with E-state index in [1.54, 1.807) is 11.6 Å². The fourth-order valence-electron chi connectivity index (χ4n) is 5.31. The molecule has 1 fully saturated rings. The van der Waals surface area contributed by atoms with Crippen LogP contribution in [0.4, 0.5) is 0 Å². The van der Waals surface area contributed by atoms with E-state index in [1.165, 1.54) is 4.68 Å². The van der Waals surface area contributed by atoms with Gasteiger partial charge in [-0.15, -0.1) is 0 Å². The Labute approximate surface area is 203 Å². The van der Waals surface area contributed by atoms with Crippen molar-refractivity contribution < 1.29 is 9.53 Å². The number of likely N-dealkylation sites (tertiary alicyclic amines) is 1. The minimum Gasteiger partial charge on any atom is -0.457 e. The molecule has 2 aliphatic heterocycles. The molecular weight excluding hydrogens is 440 g/mol. The highest BCUT2D eigenvalue weighted by molar-refractivity contribution is 5.89. The highest BCUT2D eigenvalue weighted by Gasteiger charge is 2.38.